The van der Waals surface area contributed by atoms with Crippen LogP contribution in [0.5, 0.6) is 0 Å². The van der Waals surface area contributed by atoms with Crippen molar-refractivity contribution in [3.8, 4) is 0 Å². The molecule has 0 bridgehead atoms. The van der Waals surface area contributed by atoms with E-state index in [1.165, 1.54) is 42.5 Å². The standard InChI is InChI=1S/C21H27N/c1-14(2)15-9-11-20(3)12-10-19-21(4,18(20)13-15)16-7-5-6-8-17(16)22-19/h5-8,13,15,19,22H,1,9-12H2,2-4H3/t15-,19-,20+,21?/m1/s1. The lowest BCUT2D eigenvalue weighted by atomic mass is 9.52. The fourth-order valence-electron chi connectivity index (χ4n) is 5.28. The Morgan fingerprint density at radius 2 is 1.91 bits per heavy atom. The van der Waals surface area contributed by atoms with Gasteiger partial charge in [-0.2, -0.15) is 0 Å². The molecule has 0 saturated heterocycles. The number of rotatable bonds is 1. The molecule has 1 unspecified atom stereocenters. The maximum atomic E-state index is 4.23. The molecule has 2 aliphatic carbocycles. The third-order valence-corrected chi connectivity index (χ3v) is 6.72. The van der Waals surface area contributed by atoms with E-state index in [0.29, 0.717) is 17.4 Å². The van der Waals surface area contributed by atoms with E-state index in [1.807, 2.05) is 0 Å². The molecule has 116 valence electrons. The number of allylic oxidation sites excluding steroid dienone is 2. The third kappa shape index (κ3) is 1.71. The maximum Gasteiger partial charge on any atom is 0.0394 e. The molecule has 3 aliphatic rings. The number of anilines is 1. The van der Waals surface area contributed by atoms with Crippen molar-refractivity contribution in [1.29, 1.82) is 0 Å². The second kappa shape index (κ2) is 4.50. The summed E-state index contributed by atoms with van der Waals surface area (Å²) in [6, 6.07) is 9.47. The first-order valence-electron chi connectivity index (χ1n) is 8.69. The molecule has 22 heavy (non-hydrogen) atoms. The lowest BCUT2D eigenvalue weighted by Crippen LogP contribution is -2.49. The summed E-state index contributed by atoms with van der Waals surface area (Å²) in [6.07, 6.45) is 7.74. The number of hydrogen-bond acceptors (Lipinski definition) is 1. The quantitative estimate of drug-likeness (QED) is 0.679. The van der Waals surface area contributed by atoms with Crippen molar-refractivity contribution in [2.75, 3.05) is 5.32 Å². The molecule has 1 aromatic carbocycles. The highest BCUT2D eigenvalue weighted by molar-refractivity contribution is 5.66. The Morgan fingerprint density at radius 3 is 2.68 bits per heavy atom. The number of hydrogen-bond donors (Lipinski definition) is 1. The Hall–Kier alpha value is -1.50. The van der Waals surface area contributed by atoms with Crippen LogP contribution < -0.4 is 5.32 Å². The molecular weight excluding hydrogens is 266 g/mol. The smallest absolute Gasteiger partial charge is 0.0394 e. The predicted molar refractivity (Wildman–Crippen MR) is 94.2 cm³/mol. The van der Waals surface area contributed by atoms with E-state index >= 15 is 0 Å². The molecule has 4 atom stereocenters. The van der Waals surface area contributed by atoms with Crippen molar-refractivity contribution < 1.29 is 0 Å². The van der Waals surface area contributed by atoms with Crippen molar-refractivity contribution in [2.45, 2.75) is 57.9 Å². The van der Waals surface area contributed by atoms with Gasteiger partial charge >= 0.3 is 0 Å². The number of nitrogens with one attached hydrogen (secondary N) is 1. The van der Waals surface area contributed by atoms with Gasteiger partial charge in [0.2, 0.25) is 0 Å². The van der Waals surface area contributed by atoms with Gasteiger partial charge in [0.05, 0.1) is 0 Å². The number of benzene rings is 1. The van der Waals surface area contributed by atoms with Gasteiger partial charge in [-0.1, -0.05) is 48.9 Å². The molecule has 0 spiro atoms. The summed E-state index contributed by atoms with van der Waals surface area (Å²) in [6.45, 7) is 11.4. The van der Waals surface area contributed by atoms with Crippen LogP contribution >= 0.6 is 0 Å². The molecular formula is C21H27N. The molecule has 1 aliphatic heterocycles. The van der Waals surface area contributed by atoms with Gasteiger partial charge in [0.15, 0.2) is 0 Å². The van der Waals surface area contributed by atoms with Crippen LogP contribution in [0.3, 0.4) is 0 Å². The topological polar surface area (TPSA) is 12.0 Å². The molecule has 0 aromatic heterocycles. The Balaban J connectivity index is 1.90. The monoisotopic (exact) mass is 293 g/mol. The Kier molecular flexibility index (Phi) is 2.89. The van der Waals surface area contributed by atoms with Crippen LogP contribution in [0.15, 0.2) is 48.1 Å². The van der Waals surface area contributed by atoms with Gasteiger partial charge in [0.25, 0.3) is 0 Å². The van der Waals surface area contributed by atoms with Gasteiger partial charge < -0.3 is 5.32 Å². The molecule has 1 nitrogen and oxygen atoms in total. The number of para-hydroxylation sites is 1. The first-order valence-corrected chi connectivity index (χ1v) is 8.69. The lowest BCUT2D eigenvalue weighted by Gasteiger charge is -2.52. The SMILES string of the molecule is C=C(C)[C@H]1C=C2C3(C)c4ccccc4N[C@@H]3CC[C@]2(C)CC1. The zero-order chi connectivity index (χ0) is 15.5. The van der Waals surface area contributed by atoms with E-state index in [1.54, 1.807) is 5.57 Å². The first-order chi connectivity index (χ1) is 10.4. The summed E-state index contributed by atoms with van der Waals surface area (Å²) >= 11 is 0. The van der Waals surface area contributed by atoms with Gasteiger partial charge in [-0.3, -0.25) is 0 Å². The molecule has 0 radical (unpaired) electrons. The lowest BCUT2D eigenvalue weighted by molar-refractivity contribution is 0.191. The summed E-state index contributed by atoms with van der Waals surface area (Å²) in [5, 5.41) is 3.81. The van der Waals surface area contributed by atoms with Crippen LogP contribution in [-0.2, 0) is 5.41 Å². The minimum Gasteiger partial charge on any atom is -0.381 e. The summed E-state index contributed by atoms with van der Waals surface area (Å²) in [5.74, 6) is 0.561. The van der Waals surface area contributed by atoms with Crippen molar-refractivity contribution in [1.82, 2.24) is 0 Å². The van der Waals surface area contributed by atoms with Gasteiger partial charge in [-0.15, -0.1) is 0 Å². The molecule has 1 saturated carbocycles. The average Bonchev–Trinajstić information content (AvgIpc) is 2.80. The van der Waals surface area contributed by atoms with Crippen LogP contribution in [0, 0.1) is 11.3 Å². The molecule has 1 N–H and O–H groups in total. The van der Waals surface area contributed by atoms with E-state index in [-0.39, 0.29) is 5.41 Å². The van der Waals surface area contributed by atoms with Gasteiger partial charge in [0.1, 0.15) is 0 Å². The van der Waals surface area contributed by atoms with Gasteiger partial charge in [0, 0.05) is 17.1 Å². The second-order valence-electron chi connectivity index (χ2n) is 8.12. The second-order valence-corrected chi connectivity index (χ2v) is 8.12. The maximum absolute atomic E-state index is 4.23. The van der Waals surface area contributed by atoms with Gasteiger partial charge in [-0.25, -0.2) is 0 Å². The first kappa shape index (κ1) is 14.1. The molecule has 1 heteroatoms. The molecule has 1 heterocycles. The zero-order valence-corrected chi connectivity index (χ0v) is 14.1. The average molecular weight is 293 g/mol. The van der Waals surface area contributed by atoms with Crippen molar-refractivity contribution in [2.24, 2.45) is 11.3 Å². The van der Waals surface area contributed by atoms with E-state index in [2.05, 4.69) is 63.0 Å². The van der Waals surface area contributed by atoms with Gasteiger partial charge in [-0.05, 0) is 62.5 Å². The largest absolute Gasteiger partial charge is 0.381 e. The van der Waals surface area contributed by atoms with Crippen LogP contribution in [-0.4, -0.2) is 6.04 Å². The Bertz CT molecular complexity index is 670. The fraction of sp³-hybridized carbons (Fsp3) is 0.524. The Morgan fingerprint density at radius 1 is 1.18 bits per heavy atom. The predicted octanol–water partition coefficient (Wildman–Crippen LogP) is 5.45. The van der Waals surface area contributed by atoms with E-state index < -0.39 is 0 Å². The van der Waals surface area contributed by atoms with Crippen molar-refractivity contribution >= 4 is 5.69 Å². The van der Waals surface area contributed by atoms with Crippen LogP contribution in [0.2, 0.25) is 0 Å². The van der Waals surface area contributed by atoms with Crippen LogP contribution in [0.1, 0.15) is 52.0 Å². The third-order valence-electron chi connectivity index (χ3n) is 6.72. The van der Waals surface area contributed by atoms with E-state index in [9.17, 15) is 0 Å². The normalized spacial score (nSPS) is 39.1. The highest BCUT2D eigenvalue weighted by Crippen LogP contribution is 2.60. The summed E-state index contributed by atoms with van der Waals surface area (Å²) in [5.41, 5.74) is 6.36. The van der Waals surface area contributed by atoms with Crippen LogP contribution in [0.25, 0.3) is 0 Å². The van der Waals surface area contributed by atoms with E-state index in [4.69, 9.17) is 0 Å². The number of fused-ring (bicyclic) bond motifs is 5. The minimum atomic E-state index is 0.151. The van der Waals surface area contributed by atoms with Crippen molar-refractivity contribution in [3.05, 3.63) is 53.6 Å². The minimum absolute atomic E-state index is 0.151. The van der Waals surface area contributed by atoms with Crippen molar-refractivity contribution in [3.63, 3.8) is 0 Å². The molecule has 1 aromatic rings. The molecule has 0 amide bonds. The summed E-state index contributed by atoms with van der Waals surface area (Å²) < 4.78 is 0. The highest BCUT2D eigenvalue weighted by atomic mass is 15.0. The fourth-order valence-corrected chi connectivity index (χ4v) is 5.28. The zero-order valence-electron chi connectivity index (χ0n) is 14.1. The van der Waals surface area contributed by atoms with Crippen LogP contribution in [0.4, 0.5) is 5.69 Å². The Labute approximate surface area is 134 Å². The molecule has 4 rings (SSSR count). The summed E-state index contributed by atoms with van der Waals surface area (Å²) in [7, 11) is 0. The highest BCUT2D eigenvalue weighted by Gasteiger charge is 2.55. The summed E-state index contributed by atoms with van der Waals surface area (Å²) in [4.78, 5) is 0. The van der Waals surface area contributed by atoms with E-state index in [0.717, 1.165) is 0 Å². The molecule has 1 fully saturated rings.